The molecule has 1 unspecified atom stereocenters. The molecule has 1 aromatic carbocycles. The molecule has 0 radical (unpaired) electrons. The van der Waals surface area contributed by atoms with Gasteiger partial charge in [-0.3, -0.25) is 9.69 Å². The maximum atomic E-state index is 10.8. The van der Waals surface area contributed by atoms with Gasteiger partial charge in [-0.05, 0) is 43.1 Å². The Morgan fingerprint density at radius 3 is 2.60 bits per heavy atom. The van der Waals surface area contributed by atoms with Gasteiger partial charge in [-0.25, -0.2) is 0 Å². The standard InChI is InChI=1S/C15H21NO4/c1-16-7-6-10-8-13(19-2)14(20-3)9-11(10)12(16)4-5-15(17)18/h8-9,12H,4-7H2,1-3H3,(H,17,18). The quantitative estimate of drug-likeness (QED) is 0.894. The predicted molar refractivity (Wildman–Crippen MR) is 75.5 cm³/mol. The molecule has 1 N–H and O–H groups in total. The molecule has 2 rings (SSSR count). The van der Waals surface area contributed by atoms with Gasteiger partial charge in [0, 0.05) is 19.0 Å². The molecule has 0 aliphatic carbocycles. The van der Waals surface area contributed by atoms with Crippen LogP contribution in [-0.4, -0.2) is 43.8 Å². The number of carboxylic acid groups (broad SMARTS) is 1. The number of aliphatic carboxylic acids is 1. The minimum Gasteiger partial charge on any atom is -0.493 e. The Morgan fingerprint density at radius 2 is 2.00 bits per heavy atom. The van der Waals surface area contributed by atoms with Gasteiger partial charge in [0.2, 0.25) is 0 Å². The van der Waals surface area contributed by atoms with Crippen molar-refractivity contribution in [2.75, 3.05) is 27.8 Å². The van der Waals surface area contributed by atoms with Crippen LogP contribution in [0.4, 0.5) is 0 Å². The summed E-state index contributed by atoms with van der Waals surface area (Å²) < 4.78 is 10.7. The Kier molecular flexibility index (Phi) is 4.49. The SMILES string of the molecule is COc1cc2c(cc1OC)C(CCC(=O)O)N(C)CC2. The maximum Gasteiger partial charge on any atom is 0.303 e. The average Bonchev–Trinajstić information content (AvgIpc) is 2.44. The number of benzene rings is 1. The first-order chi connectivity index (χ1) is 9.56. The van der Waals surface area contributed by atoms with Gasteiger partial charge in [-0.15, -0.1) is 0 Å². The lowest BCUT2D eigenvalue weighted by Gasteiger charge is -2.35. The minimum absolute atomic E-state index is 0.120. The van der Waals surface area contributed by atoms with Crippen molar-refractivity contribution in [1.82, 2.24) is 4.90 Å². The summed E-state index contributed by atoms with van der Waals surface area (Å²) in [4.78, 5) is 13.0. The van der Waals surface area contributed by atoms with Crippen molar-refractivity contribution in [3.63, 3.8) is 0 Å². The third-order valence-electron chi connectivity index (χ3n) is 3.90. The lowest BCUT2D eigenvalue weighted by atomic mass is 9.89. The summed E-state index contributed by atoms with van der Waals surface area (Å²) in [6.07, 6.45) is 1.72. The summed E-state index contributed by atoms with van der Waals surface area (Å²) in [5, 5.41) is 8.90. The first-order valence-corrected chi connectivity index (χ1v) is 6.73. The van der Waals surface area contributed by atoms with Crippen LogP contribution >= 0.6 is 0 Å². The van der Waals surface area contributed by atoms with Crippen LogP contribution in [0.15, 0.2) is 12.1 Å². The van der Waals surface area contributed by atoms with E-state index in [1.54, 1.807) is 14.2 Å². The van der Waals surface area contributed by atoms with Gasteiger partial charge >= 0.3 is 5.97 Å². The van der Waals surface area contributed by atoms with Crippen LogP contribution in [0.2, 0.25) is 0 Å². The topological polar surface area (TPSA) is 59.0 Å². The molecule has 1 aromatic rings. The summed E-state index contributed by atoms with van der Waals surface area (Å²) in [6, 6.07) is 4.11. The molecule has 1 aliphatic rings. The second-order valence-electron chi connectivity index (χ2n) is 5.08. The van der Waals surface area contributed by atoms with Crippen molar-refractivity contribution < 1.29 is 19.4 Å². The van der Waals surface area contributed by atoms with Crippen LogP contribution in [-0.2, 0) is 11.2 Å². The Morgan fingerprint density at radius 1 is 1.35 bits per heavy atom. The lowest BCUT2D eigenvalue weighted by Crippen LogP contribution is -2.32. The highest BCUT2D eigenvalue weighted by Crippen LogP contribution is 2.39. The van der Waals surface area contributed by atoms with E-state index in [0.29, 0.717) is 12.2 Å². The van der Waals surface area contributed by atoms with Crippen molar-refractivity contribution in [1.29, 1.82) is 0 Å². The van der Waals surface area contributed by atoms with E-state index >= 15 is 0 Å². The predicted octanol–water partition coefficient (Wildman–Crippen LogP) is 2.10. The Balaban J connectivity index is 2.35. The van der Waals surface area contributed by atoms with Crippen LogP contribution in [0.5, 0.6) is 11.5 Å². The fourth-order valence-corrected chi connectivity index (χ4v) is 2.79. The molecule has 0 fully saturated rings. The highest BCUT2D eigenvalue weighted by atomic mass is 16.5. The number of rotatable bonds is 5. The van der Waals surface area contributed by atoms with Crippen molar-refractivity contribution in [2.24, 2.45) is 0 Å². The van der Waals surface area contributed by atoms with Crippen LogP contribution in [0.1, 0.15) is 30.0 Å². The first-order valence-electron chi connectivity index (χ1n) is 6.73. The Bertz CT molecular complexity index is 501. The second kappa shape index (κ2) is 6.13. The molecule has 0 spiro atoms. The molecule has 20 heavy (non-hydrogen) atoms. The van der Waals surface area contributed by atoms with Gasteiger partial charge in [0.15, 0.2) is 11.5 Å². The molecule has 1 heterocycles. The fraction of sp³-hybridized carbons (Fsp3) is 0.533. The van der Waals surface area contributed by atoms with E-state index in [2.05, 4.69) is 4.90 Å². The highest BCUT2D eigenvalue weighted by molar-refractivity contribution is 5.66. The number of methoxy groups -OCH3 is 2. The number of likely N-dealkylation sites (N-methyl/N-ethyl adjacent to an activating group) is 1. The highest BCUT2D eigenvalue weighted by Gasteiger charge is 2.27. The van der Waals surface area contributed by atoms with E-state index in [0.717, 1.165) is 24.3 Å². The molecule has 110 valence electrons. The van der Waals surface area contributed by atoms with E-state index in [4.69, 9.17) is 14.6 Å². The van der Waals surface area contributed by atoms with Crippen molar-refractivity contribution in [3.8, 4) is 11.5 Å². The molecular weight excluding hydrogens is 258 g/mol. The van der Waals surface area contributed by atoms with Gasteiger partial charge in [-0.1, -0.05) is 0 Å². The van der Waals surface area contributed by atoms with E-state index < -0.39 is 5.97 Å². The first kappa shape index (κ1) is 14.7. The molecule has 0 saturated heterocycles. The molecule has 0 aromatic heterocycles. The summed E-state index contributed by atoms with van der Waals surface area (Å²) in [7, 11) is 5.27. The molecular formula is C15H21NO4. The van der Waals surface area contributed by atoms with E-state index in [1.807, 2.05) is 19.2 Å². The molecule has 5 nitrogen and oxygen atoms in total. The van der Waals surface area contributed by atoms with Gasteiger partial charge in [0.25, 0.3) is 0 Å². The maximum absolute atomic E-state index is 10.8. The van der Waals surface area contributed by atoms with Gasteiger partial charge < -0.3 is 14.6 Å². The Hall–Kier alpha value is -1.75. The van der Waals surface area contributed by atoms with E-state index in [9.17, 15) is 4.79 Å². The van der Waals surface area contributed by atoms with E-state index in [1.165, 1.54) is 5.56 Å². The fourth-order valence-electron chi connectivity index (χ4n) is 2.79. The summed E-state index contributed by atoms with van der Waals surface area (Å²) in [5.74, 6) is 0.667. The zero-order valence-corrected chi connectivity index (χ0v) is 12.2. The van der Waals surface area contributed by atoms with Crippen LogP contribution < -0.4 is 9.47 Å². The van der Waals surface area contributed by atoms with Gasteiger partial charge in [-0.2, -0.15) is 0 Å². The minimum atomic E-state index is -0.758. The van der Waals surface area contributed by atoms with Crippen LogP contribution in [0.25, 0.3) is 0 Å². The molecule has 5 heteroatoms. The third kappa shape index (κ3) is 2.88. The summed E-state index contributed by atoms with van der Waals surface area (Å²) in [5.41, 5.74) is 2.37. The third-order valence-corrected chi connectivity index (χ3v) is 3.90. The number of nitrogens with zero attached hydrogens (tertiary/aromatic N) is 1. The smallest absolute Gasteiger partial charge is 0.303 e. The van der Waals surface area contributed by atoms with E-state index in [-0.39, 0.29) is 12.5 Å². The number of carbonyl (C=O) groups is 1. The van der Waals surface area contributed by atoms with Gasteiger partial charge in [0.05, 0.1) is 14.2 Å². The normalized spacial score (nSPS) is 18.4. The van der Waals surface area contributed by atoms with Crippen LogP contribution in [0, 0.1) is 0 Å². The number of ether oxygens (including phenoxy) is 2. The largest absolute Gasteiger partial charge is 0.493 e. The van der Waals surface area contributed by atoms with Crippen molar-refractivity contribution >= 4 is 5.97 Å². The van der Waals surface area contributed by atoms with Gasteiger partial charge in [0.1, 0.15) is 0 Å². The zero-order valence-electron chi connectivity index (χ0n) is 12.2. The van der Waals surface area contributed by atoms with Crippen molar-refractivity contribution in [2.45, 2.75) is 25.3 Å². The second-order valence-corrected chi connectivity index (χ2v) is 5.08. The zero-order chi connectivity index (χ0) is 14.7. The van der Waals surface area contributed by atoms with Crippen molar-refractivity contribution in [3.05, 3.63) is 23.3 Å². The Labute approximate surface area is 119 Å². The van der Waals surface area contributed by atoms with Crippen LogP contribution in [0.3, 0.4) is 0 Å². The summed E-state index contributed by atoms with van der Waals surface area (Å²) in [6.45, 7) is 0.923. The lowest BCUT2D eigenvalue weighted by molar-refractivity contribution is -0.137. The molecule has 0 amide bonds. The molecule has 0 bridgehead atoms. The number of carboxylic acids is 1. The summed E-state index contributed by atoms with van der Waals surface area (Å²) >= 11 is 0. The molecule has 0 saturated carbocycles. The number of hydrogen-bond acceptors (Lipinski definition) is 4. The molecule has 1 aliphatic heterocycles. The monoisotopic (exact) mass is 279 g/mol. The molecule has 1 atom stereocenters. The number of hydrogen-bond donors (Lipinski definition) is 1. The average molecular weight is 279 g/mol. The number of fused-ring (bicyclic) bond motifs is 1.